The van der Waals surface area contributed by atoms with Gasteiger partial charge in [0.2, 0.25) is 0 Å². The summed E-state index contributed by atoms with van der Waals surface area (Å²) in [6, 6.07) is 29.7. The van der Waals surface area contributed by atoms with Gasteiger partial charge in [0.15, 0.2) is 11.7 Å². The lowest BCUT2D eigenvalue weighted by atomic mass is 9.90. The van der Waals surface area contributed by atoms with Crippen LogP contribution in [-0.2, 0) is 22.6 Å². The van der Waals surface area contributed by atoms with Gasteiger partial charge in [0.05, 0.1) is 17.1 Å². The van der Waals surface area contributed by atoms with Crippen molar-refractivity contribution in [2.75, 3.05) is 18.0 Å². The van der Waals surface area contributed by atoms with E-state index in [0.717, 1.165) is 43.4 Å². The fourth-order valence-electron chi connectivity index (χ4n) is 4.76. The first-order valence-electron chi connectivity index (χ1n) is 12.4. The predicted molar refractivity (Wildman–Crippen MR) is 139 cm³/mol. The minimum Gasteiger partial charge on any atom is -0.460 e. The maximum atomic E-state index is 13.0. The fourth-order valence-corrected chi connectivity index (χ4v) is 4.76. The fraction of sp³-hybridized carbons (Fsp3) is 0.267. The Morgan fingerprint density at radius 1 is 0.889 bits per heavy atom. The molecular formula is C30H28N4O2. The van der Waals surface area contributed by atoms with E-state index in [4.69, 9.17) is 14.7 Å². The van der Waals surface area contributed by atoms with Crippen LogP contribution < -0.4 is 4.90 Å². The predicted octanol–water partition coefficient (Wildman–Crippen LogP) is 5.44. The molecule has 3 aromatic carbocycles. The second kappa shape index (κ2) is 11.0. The van der Waals surface area contributed by atoms with Crippen LogP contribution in [0.2, 0.25) is 0 Å². The van der Waals surface area contributed by atoms with E-state index in [-0.39, 0.29) is 6.61 Å². The number of fused-ring (bicyclic) bond motifs is 1. The monoisotopic (exact) mass is 476 g/mol. The molecular weight excluding hydrogens is 448 g/mol. The zero-order chi connectivity index (χ0) is 24.7. The molecule has 1 fully saturated rings. The second-order valence-corrected chi connectivity index (χ2v) is 9.20. The molecule has 0 spiro atoms. The van der Waals surface area contributed by atoms with Gasteiger partial charge in [-0.1, -0.05) is 72.8 Å². The zero-order valence-corrected chi connectivity index (χ0v) is 20.1. The van der Waals surface area contributed by atoms with Crippen LogP contribution in [0.5, 0.6) is 0 Å². The first kappa shape index (κ1) is 23.5. The van der Waals surface area contributed by atoms with E-state index in [0.29, 0.717) is 22.9 Å². The topological polar surface area (TPSA) is 79.1 Å². The molecule has 5 rings (SSSR count). The number of carbonyl (C=O) groups is 1. The van der Waals surface area contributed by atoms with Gasteiger partial charge in [-0.05, 0) is 48.4 Å². The molecule has 36 heavy (non-hydrogen) atoms. The molecule has 1 aliphatic rings. The molecule has 6 heteroatoms. The van der Waals surface area contributed by atoms with E-state index < -0.39 is 11.9 Å². The summed E-state index contributed by atoms with van der Waals surface area (Å²) in [5.41, 5.74) is 4.00. The summed E-state index contributed by atoms with van der Waals surface area (Å²) in [4.78, 5) is 24.9. The van der Waals surface area contributed by atoms with Crippen molar-refractivity contribution in [1.82, 2.24) is 9.97 Å². The van der Waals surface area contributed by atoms with Crippen LogP contribution in [0.25, 0.3) is 11.0 Å². The van der Waals surface area contributed by atoms with Crippen molar-refractivity contribution in [3.8, 4) is 6.07 Å². The molecule has 0 N–H and O–H groups in total. The van der Waals surface area contributed by atoms with Crippen LogP contribution in [0.3, 0.4) is 0 Å². The Hall–Kier alpha value is -4.24. The van der Waals surface area contributed by atoms with E-state index in [1.165, 1.54) is 5.56 Å². The first-order valence-corrected chi connectivity index (χ1v) is 12.4. The van der Waals surface area contributed by atoms with Gasteiger partial charge in [0, 0.05) is 13.1 Å². The number of para-hydroxylation sites is 2. The van der Waals surface area contributed by atoms with Crippen LogP contribution in [-0.4, -0.2) is 29.0 Å². The first-order chi connectivity index (χ1) is 17.7. The third-order valence-electron chi connectivity index (χ3n) is 6.72. The molecule has 180 valence electrons. The Morgan fingerprint density at radius 2 is 1.47 bits per heavy atom. The Labute approximate surface area is 211 Å². The molecule has 4 aromatic rings. The van der Waals surface area contributed by atoms with Gasteiger partial charge in [-0.15, -0.1) is 0 Å². The minimum absolute atomic E-state index is 0.110. The number of ether oxygens (including phenoxy) is 1. The number of rotatable bonds is 7. The van der Waals surface area contributed by atoms with E-state index in [9.17, 15) is 10.1 Å². The molecule has 6 nitrogen and oxygen atoms in total. The SMILES string of the molecule is N#C[C@@H](C(=O)OCc1ccccc1)c1nc2ccccc2nc1N1CCC(Cc2ccccc2)CC1. The van der Waals surface area contributed by atoms with Gasteiger partial charge >= 0.3 is 5.97 Å². The maximum absolute atomic E-state index is 13.0. The van der Waals surface area contributed by atoms with Gasteiger partial charge < -0.3 is 9.64 Å². The van der Waals surface area contributed by atoms with E-state index in [1.54, 1.807) is 0 Å². The quantitative estimate of drug-likeness (QED) is 0.331. The maximum Gasteiger partial charge on any atom is 0.330 e. The minimum atomic E-state index is -1.15. The highest BCUT2D eigenvalue weighted by Gasteiger charge is 2.31. The summed E-state index contributed by atoms with van der Waals surface area (Å²) in [6.45, 7) is 1.71. The standard InChI is InChI=1S/C30H28N4O2/c31-20-25(30(35)36-21-24-11-5-2-6-12-24)28-29(33-27-14-8-7-13-26(27)32-28)34-17-15-23(16-18-34)19-22-9-3-1-4-10-22/h1-14,23,25H,15-19,21H2/t25-/m1/s1. The van der Waals surface area contributed by atoms with Crippen molar-refractivity contribution >= 4 is 22.8 Å². The molecule has 0 saturated carbocycles. The summed E-state index contributed by atoms with van der Waals surface area (Å²) in [7, 11) is 0. The number of hydrogen-bond acceptors (Lipinski definition) is 6. The van der Waals surface area contributed by atoms with Crippen molar-refractivity contribution in [2.24, 2.45) is 5.92 Å². The van der Waals surface area contributed by atoms with Gasteiger partial charge in [-0.2, -0.15) is 5.26 Å². The number of anilines is 1. The van der Waals surface area contributed by atoms with Crippen molar-refractivity contribution in [3.63, 3.8) is 0 Å². The van der Waals surface area contributed by atoms with Crippen molar-refractivity contribution in [3.05, 3.63) is 102 Å². The highest BCUT2D eigenvalue weighted by atomic mass is 16.5. The molecule has 0 aliphatic carbocycles. The molecule has 2 heterocycles. The van der Waals surface area contributed by atoms with Gasteiger partial charge in [0.1, 0.15) is 12.3 Å². The molecule has 1 aliphatic heterocycles. The van der Waals surface area contributed by atoms with Gasteiger partial charge in [-0.25, -0.2) is 9.97 Å². The number of carbonyl (C=O) groups excluding carboxylic acids is 1. The normalized spacial score (nSPS) is 14.8. The molecule has 0 radical (unpaired) electrons. The lowest BCUT2D eigenvalue weighted by Crippen LogP contribution is -2.36. The number of esters is 1. The second-order valence-electron chi connectivity index (χ2n) is 9.20. The Morgan fingerprint density at radius 3 is 2.11 bits per heavy atom. The summed E-state index contributed by atoms with van der Waals surface area (Å²) in [5, 5.41) is 10.0. The molecule has 1 atom stereocenters. The largest absolute Gasteiger partial charge is 0.460 e. The highest BCUT2D eigenvalue weighted by Crippen LogP contribution is 2.32. The third-order valence-corrected chi connectivity index (χ3v) is 6.72. The Balaban J connectivity index is 1.37. The van der Waals surface area contributed by atoms with Crippen molar-refractivity contribution in [2.45, 2.75) is 31.8 Å². The summed E-state index contributed by atoms with van der Waals surface area (Å²) in [6.07, 6.45) is 3.08. The zero-order valence-electron chi connectivity index (χ0n) is 20.1. The summed E-state index contributed by atoms with van der Waals surface area (Å²) >= 11 is 0. The Kier molecular flexibility index (Phi) is 7.18. The van der Waals surface area contributed by atoms with E-state index >= 15 is 0 Å². The summed E-state index contributed by atoms with van der Waals surface area (Å²) in [5.74, 6) is -0.563. The number of piperidine rings is 1. The number of benzene rings is 3. The number of nitriles is 1. The molecule has 1 saturated heterocycles. The lowest BCUT2D eigenvalue weighted by Gasteiger charge is -2.34. The number of hydrogen-bond donors (Lipinski definition) is 0. The number of nitrogens with zero attached hydrogens (tertiary/aromatic N) is 4. The lowest BCUT2D eigenvalue weighted by molar-refractivity contribution is -0.145. The molecule has 0 bridgehead atoms. The van der Waals surface area contributed by atoms with Crippen LogP contribution in [0.4, 0.5) is 5.82 Å². The van der Waals surface area contributed by atoms with Gasteiger partial charge in [-0.3, -0.25) is 4.79 Å². The van der Waals surface area contributed by atoms with Gasteiger partial charge in [0.25, 0.3) is 0 Å². The molecule has 0 unspecified atom stereocenters. The summed E-state index contributed by atoms with van der Waals surface area (Å²) < 4.78 is 5.53. The van der Waals surface area contributed by atoms with Crippen LogP contribution in [0, 0.1) is 17.2 Å². The van der Waals surface area contributed by atoms with Crippen LogP contribution >= 0.6 is 0 Å². The average molecular weight is 477 g/mol. The van der Waals surface area contributed by atoms with E-state index in [1.807, 2.05) is 60.7 Å². The van der Waals surface area contributed by atoms with Crippen LogP contribution in [0.15, 0.2) is 84.9 Å². The highest BCUT2D eigenvalue weighted by molar-refractivity contribution is 5.85. The Bertz CT molecular complexity index is 1360. The van der Waals surface area contributed by atoms with Crippen LogP contribution in [0.1, 0.15) is 35.6 Å². The molecule has 1 aromatic heterocycles. The average Bonchev–Trinajstić information content (AvgIpc) is 2.93. The van der Waals surface area contributed by atoms with Crippen molar-refractivity contribution < 1.29 is 9.53 Å². The third kappa shape index (κ3) is 5.36. The number of aromatic nitrogens is 2. The smallest absolute Gasteiger partial charge is 0.330 e. The van der Waals surface area contributed by atoms with E-state index in [2.05, 4.69) is 35.2 Å². The molecule has 0 amide bonds. The van der Waals surface area contributed by atoms with Crippen molar-refractivity contribution in [1.29, 1.82) is 5.26 Å².